The summed E-state index contributed by atoms with van der Waals surface area (Å²) < 4.78 is 13.1. The third-order valence-electron chi connectivity index (χ3n) is 6.18. The zero-order valence-electron chi connectivity index (χ0n) is 16.7. The Bertz CT molecular complexity index is 961. The zero-order valence-corrected chi connectivity index (χ0v) is 16.7. The average molecular weight is 396 g/mol. The number of aliphatic hydroxyl groups is 1. The van der Waals surface area contributed by atoms with Gasteiger partial charge in [0.05, 0.1) is 11.0 Å². The zero-order chi connectivity index (χ0) is 20.8. The minimum absolute atomic E-state index is 0.0686. The number of piperidine rings is 1. The molecule has 0 spiro atoms. The monoisotopic (exact) mass is 396 g/mol. The van der Waals surface area contributed by atoms with Crippen molar-refractivity contribution < 1.29 is 19.1 Å². The number of carbonyl (C=O) groups is 2. The number of carbonyl (C=O) groups excluding carboxylic acids is 2. The van der Waals surface area contributed by atoms with Crippen LogP contribution >= 0.6 is 0 Å². The Labute approximate surface area is 169 Å². The van der Waals surface area contributed by atoms with Crippen LogP contribution in [0.3, 0.4) is 0 Å². The van der Waals surface area contributed by atoms with E-state index in [1.54, 1.807) is 35.2 Å². The first kappa shape index (κ1) is 19.6. The largest absolute Gasteiger partial charge is 0.389 e. The highest BCUT2D eigenvalue weighted by Crippen LogP contribution is 2.38. The van der Waals surface area contributed by atoms with Crippen molar-refractivity contribution >= 4 is 17.5 Å². The topological polar surface area (TPSA) is 69.6 Å². The molecule has 2 aromatic rings. The first-order valence-electron chi connectivity index (χ1n) is 9.90. The van der Waals surface area contributed by atoms with E-state index in [4.69, 9.17) is 0 Å². The highest BCUT2D eigenvalue weighted by Gasteiger charge is 2.39. The van der Waals surface area contributed by atoms with Crippen molar-refractivity contribution in [2.45, 2.75) is 44.1 Å². The van der Waals surface area contributed by atoms with Gasteiger partial charge >= 0.3 is 0 Å². The highest BCUT2D eigenvalue weighted by molar-refractivity contribution is 6.07. The summed E-state index contributed by atoms with van der Waals surface area (Å²) >= 11 is 0. The number of benzene rings is 2. The molecule has 0 aromatic heterocycles. The Balaban J connectivity index is 1.44. The number of hydrogen-bond donors (Lipinski definition) is 2. The molecule has 2 amide bonds. The first-order chi connectivity index (χ1) is 13.7. The molecular formula is C23H25FN2O3. The molecule has 152 valence electrons. The quantitative estimate of drug-likeness (QED) is 0.837. The third-order valence-corrected chi connectivity index (χ3v) is 6.18. The lowest BCUT2D eigenvalue weighted by Gasteiger charge is -2.38. The van der Waals surface area contributed by atoms with E-state index in [1.165, 1.54) is 12.1 Å². The number of amides is 2. The second-order valence-electron chi connectivity index (χ2n) is 8.66. The molecule has 0 unspecified atom stereocenters. The van der Waals surface area contributed by atoms with E-state index in [9.17, 15) is 19.1 Å². The van der Waals surface area contributed by atoms with Crippen molar-refractivity contribution in [1.82, 2.24) is 4.90 Å². The van der Waals surface area contributed by atoms with Gasteiger partial charge in [0.25, 0.3) is 5.91 Å². The van der Waals surface area contributed by atoms with E-state index in [0.717, 1.165) is 16.8 Å². The lowest BCUT2D eigenvalue weighted by atomic mass is 9.84. The Morgan fingerprint density at radius 3 is 2.45 bits per heavy atom. The molecule has 5 nitrogen and oxygen atoms in total. The van der Waals surface area contributed by atoms with Gasteiger partial charge in [-0.05, 0) is 68.1 Å². The van der Waals surface area contributed by atoms with Gasteiger partial charge in [-0.15, -0.1) is 0 Å². The van der Waals surface area contributed by atoms with Crippen LogP contribution in [0.4, 0.5) is 10.1 Å². The van der Waals surface area contributed by atoms with Gasteiger partial charge < -0.3 is 15.3 Å². The number of likely N-dealkylation sites (tertiary alicyclic amines) is 1. The van der Waals surface area contributed by atoms with Gasteiger partial charge in [0.2, 0.25) is 5.91 Å². The van der Waals surface area contributed by atoms with Crippen molar-refractivity contribution in [3.63, 3.8) is 0 Å². The van der Waals surface area contributed by atoms with Gasteiger partial charge in [-0.1, -0.05) is 12.1 Å². The summed E-state index contributed by atoms with van der Waals surface area (Å²) in [5.74, 6) is -0.455. The summed E-state index contributed by atoms with van der Waals surface area (Å²) in [6.07, 6.45) is 1.37. The Morgan fingerprint density at radius 2 is 1.79 bits per heavy atom. The van der Waals surface area contributed by atoms with Crippen LogP contribution in [-0.2, 0) is 16.6 Å². The first-order valence-corrected chi connectivity index (χ1v) is 9.90. The minimum Gasteiger partial charge on any atom is -0.389 e. The molecule has 2 heterocycles. The maximum Gasteiger partial charge on any atom is 0.253 e. The molecule has 2 aliphatic heterocycles. The summed E-state index contributed by atoms with van der Waals surface area (Å²) in [4.78, 5) is 26.9. The van der Waals surface area contributed by atoms with E-state index in [2.05, 4.69) is 5.32 Å². The molecule has 2 aliphatic rings. The van der Waals surface area contributed by atoms with Gasteiger partial charge in [-0.25, -0.2) is 4.39 Å². The van der Waals surface area contributed by atoms with Crippen molar-refractivity contribution in [1.29, 1.82) is 0 Å². The molecular weight excluding hydrogens is 371 g/mol. The van der Waals surface area contributed by atoms with Crippen molar-refractivity contribution in [3.05, 3.63) is 65.0 Å². The predicted octanol–water partition coefficient (Wildman–Crippen LogP) is 3.27. The summed E-state index contributed by atoms with van der Waals surface area (Å²) in [6.45, 7) is 4.60. The number of hydrogen-bond acceptors (Lipinski definition) is 3. The van der Waals surface area contributed by atoms with Crippen molar-refractivity contribution in [2.75, 3.05) is 18.4 Å². The van der Waals surface area contributed by atoms with Gasteiger partial charge in [-0.2, -0.15) is 0 Å². The van der Waals surface area contributed by atoms with Crippen LogP contribution < -0.4 is 5.32 Å². The number of anilines is 1. The fourth-order valence-electron chi connectivity index (χ4n) is 4.17. The SMILES string of the molecule is CC1(C)C(=O)Nc2ccc(C(=O)N3CCC(O)(Cc4ccc(F)cc4)CC3)cc21. The number of nitrogens with one attached hydrogen (secondary N) is 1. The molecule has 2 N–H and O–H groups in total. The normalized spacial score (nSPS) is 19.6. The second-order valence-corrected chi connectivity index (χ2v) is 8.66. The molecule has 0 radical (unpaired) electrons. The van der Waals surface area contributed by atoms with Crippen LogP contribution in [-0.4, -0.2) is 40.5 Å². The maximum absolute atomic E-state index is 13.1. The number of rotatable bonds is 3. The smallest absolute Gasteiger partial charge is 0.253 e. The molecule has 0 saturated carbocycles. The minimum atomic E-state index is -0.898. The van der Waals surface area contributed by atoms with E-state index in [1.807, 2.05) is 13.8 Å². The van der Waals surface area contributed by atoms with Crippen LogP contribution in [0, 0.1) is 5.82 Å². The number of halogens is 1. The molecule has 0 aliphatic carbocycles. The molecule has 6 heteroatoms. The lowest BCUT2D eigenvalue weighted by molar-refractivity contribution is -0.119. The Kier molecular flexibility index (Phi) is 4.69. The predicted molar refractivity (Wildman–Crippen MR) is 108 cm³/mol. The van der Waals surface area contributed by atoms with Gasteiger partial charge in [-0.3, -0.25) is 9.59 Å². The molecule has 0 atom stereocenters. The average Bonchev–Trinajstić information content (AvgIpc) is 2.92. The molecule has 1 saturated heterocycles. The van der Waals surface area contributed by atoms with Crippen LogP contribution in [0.15, 0.2) is 42.5 Å². The molecule has 29 heavy (non-hydrogen) atoms. The molecule has 1 fully saturated rings. The van der Waals surface area contributed by atoms with Crippen molar-refractivity contribution in [3.8, 4) is 0 Å². The fourth-order valence-corrected chi connectivity index (χ4v) is 4.17. The van der Waals surface area contributed by atoms with E-state index in [0.29, 0.717) is 37.9 Å². The fraction of sp³-hybridized carbons (Fsp3) is 0.391. The standard InChI is InChI=1S/C23H25FN2O3/c1-22(2)18-13-16(5-8-19(18)25-21(22)28)20(27)26-11-9-23(29,10-12-26)14-15-3-6-17(24)7-4-15/h3-8,13,29H,9-12,14H2,1-2H3,(H,25,28). The second kappa shape index (κ2) is 6.95. The summed E-state index contributed by atoms with van der Waals surface area (Å²) in [5.41, 5.74) is 1.46. The van der Waals surface area contributed by atoms with Crippen LogP contribution in [0.25, 0.3) is 0 Å². The van der Waals surface area contributed by atoms with E-state index in [-0.39, 0.29) is 17.6 Å². The third kappa shape index (κ3) is 3.65. The lowest BCUT2D eigenvalue weighted by Crippen LogP contribution is -2.47. The van der Waals surface area contributed by atoms with Crippen molar-refractivity contribution in [2.24, 2.45) is 0 Å². The number of nitrogens with zero attached hydrogens (tertiary/aromatic N) is 1. The maximum atomic E-state index is 13.1. The van der Waals surface area contributed by atoms with Gasteiger partial charge in [0.1, 0.15) is 5.82 Å². The summed E-state index contributed by atoms with van der Waals surface area (Å²) in [7, 11) is 0. The summed E-state index contributed by atoms with van der Waals surface area (Å²) in [5, 5.41) is 13.8. The number of fused-ring (bicyclic) bond motifs is 1. The van der Waals surface area contributed by atoms with Crippen LogP contribution in [0.1, 0.15) is 48.2 Å². The van der Waals surface area contributed by atoms with E-state index < -0.39 is 11.0 Å². The van der Waals surface area contributed by atoms with Crippen LogP contribution in [0.2, 0.25) is 0 Å². The van der Waals surface area contributed by atoms with E-state index >= 15 is 0 Å². The van der Waals surface area contributed by atoms with Crippen LogP contribution in [0.5, 0.6) is 0 Å². The van der Waals surface area contributed by atoms with Gasteiger partial charge in [0, 0.05) is 30.8 Å². The summed E-state index contributed by atoms with van der Waals surface area (Å²) in [6, 6.07) is 11.5. The Hall–Kier alpha value is -2.73. The van der Waals surface area contributed by atoms with Gasteiger partial charge in [0.15, 0.2) is 0 Å². The molecule has 2 aromatic carbocycles. The highest BCUT2D eigenvalue weighted by atomic mass is 19.1. The molecule has 0 bridgehead atoms. The Morgan fingerprint density at radius 1 is 1.14 bits per heavy atom. The molecule has 4 rings (SSSR count).